The van der Waals surface area contributed by atoms with Gasteiger partial charge in [0, 0.05) is 5.75 Å². The second kappa shape index (κ2) is 10.0. The molecule has 0 aliphatic carbocycles. The van der Waals surface area contributed by atoms with Crippen molar-refractivity contribution >= 4 is 32.8 Å². The fourth-order valence-electron chi connectivity index (χ4n) is 3.56. The van der Waals surface area contributed by atoms with E-state index in [0.717, 1.165) is 11.1 Å². The van der Waals surface area contributed by atoms with Crippen LogP contribution < -0.4 is 5.43 Å². The highest BCUT2D eigenvalue weighted by Crippen LogP contribution is 2.30. The average Bonchev–Trinajstić information content (AvgIpc) is 2.82. The Hall–Kier alpha value is -2.87. The fourth-order valence-corrected chi connectivity index (χ4v) is 5.40. The van der Waals surface area contributed by atoms with Gasteiger partial charge in [0.2, 0.25) is 0 Å². The normalized spacial score (nSPS) is 12.2. The standard InChI is InChI=1S/C28H28O5S2/c1-19-9-15-22(16-10-19)35(30,31)32-17-24-26(29)23-7-5-6-8-25(23)33-27(24)34-18-20-11-13-21(14-12-20)28(2,3)4/h5-16H,17-18H2,1-4H3. The zero-order chi connectivity index (χ0) is 25.2. The third-order valence-electron chi connectivity index (χ3n) is 5.71. The molecule has 0 saturated carbocycles. The quantitative estimate of drug-likeness (QED) is 0.207. The summed E-state index contributed by atoms with van der Waals surface area (Å²) in [5.41, 5.74) is 3.65. The predicted molar refractivity (Wildman–Crippen MR) is 140 cm³/mol. The SMILES string of the molecule is Cc1ccc(S(=O)(=O)OCc2c(SCc3ccc(C(C)(C)C)cc3)oc3ccccc3c2=O)cc1. The van der Waals surface area contributed by atoms with Crippen molar-refractivity contribution in [3.8, 4) is 0 Å². The van der Waals surface area contributed by atoms with Gasteiger partial charge in [-0.15, -0.1) is 0 Å². The molecule has 0 radical (unpaired) electrons. The van der Waals surface area contributed by atoms with E-state index in [9.17, 15) is 13.2 Å². The van der Waals surface area contributed by atoms with Gasteiger partial charge in [-0.1, -0.05) is 86.6 Å². The van der Waals surface area contributed by atoms with Crippen LogP contribution in [0.3, 0.4) is 0 Å². The average molecular weight is 509 g/mol. The predicted octanol–water partition coefficient (Wildman–Crippen LogP) is 6.60. The second-order valence-corrected chi connectivity index (χ2v) is 12.0. The molecule has 1 aromatic heterocycles. The Morgan fingerprint density at radius 3 is 2.23 bits per heavy atom. The molecule has 182 valence electrons. The summed E-state index contributed by atoms with van der Waals surface area (Å²) in [6.45, 7) is 7.96. The first-order valence-corrected chi connectivity index (χ1v) is 13.7. The van der Waals surface area contributed by atoms with Crippen molar-refractivity contribution in [2.45, 2.75) is 55.5 Å². The summed E-state index contributed by atoms with van der Waals surface area (Å²) < 4.78 is 36.8. The Labute approximate surface area is 210 Å². The van der Waals surface area contributed by atoms with E-state index < -0.39 is 16.7 Å². The summed E-state index contributed by atoms with van der Waals surface area (Å²) >= 11 is 1.35. The lowest BCUT2D eigenvalue weighted by atomic mass is 9.87. The van der Waals surface area contributed by atoms with Crippen molar-refractivity contribution in [2.75, 3.05) is 0 Å². The molecule has 0 atom stereocenters. The van der Waals surface area contributed by atoms with Crippen LogP contribution in [-0.2, 0) is 32.1 Å². The zero-order valence-corrected chi connectivity index (χ0v) is 21.8. The monoisotopic (exact) mass is 508 g/mol. The zero-order valence-electron chi connectivity index (χ0n) is 20.2. The Balaban J connectivity index is 1.62. The number of hydrogen-bond donors (Lipinski definition) is 0. The van der Waals surface area contributed by atoms with Gasteiger partial charge in [0.15, 0.2) is 10.5 Å². The summed E-state index contributed by atoms with van der Waals surface area (Å²) in [4.78, 5) is 13.3. The number of thioether (sulfide) groups is 1. The van der Waals surface area contributed by atoms with E-state index >= 15 is 0 Å². The van der Waals surface area contributed by atoms with Crippen molar-refractivity contribution in [3.05, 3.63) is 105 Å². The summed E-state index contributed by atoms with van der Waals surface area (Å²) in [6, 6.07) is 21.6. The van der Waals surface area contributed by atoms with Crippen LogP contribution in [0.25, 0.3) is 11.0 Å². The molecular formula is C28H28O5S2. The molecule has 1 heterocycles. The number of hydrogen-bond acceptors (Lipinski definition) is 6. The number of aryl methyl sites for hydroxylation is 1. The van der Waals surface area contributed by atoms with E-state index in [2.05, 4.69) is 45.0 Å². The lowest BCUT2D eigenvalue weighted by Crippen LogP contribution is -2.15. The first-order chi connectivity index (χ1) is 16.5. The number of fused-ring (bicyclic) bond motifs is 1. The van der Waals surface area contributed by atoms with Gasteiger partial charge in [-0.05, 0) is 47.7 Å². The highest BCUT2D eigenvalue weighted by Gasteiger charge is 2.21. The molecule has 0 aliphatic rings. The Bertz CT molecular complexity index is 1490. The van der Waals surface area contributed by atoms with Gasteiger partial charge in [-0.2, -0.15) is 8.42 Å². The Morgan fingerprint density at radius 2 is 1.57 bits per heavy atom. The molecule has 0 fully saturated rings. The van der Waals surface area contributed by atoms with Gasteiger partial charge in [-0.25, -0.2) is 0 Å². The van der Waals surface area contributed by atoms with Crippen LogP contribution in [0.1, 0.15) is 43.0 Å². The maximum atomic E-state index is 13.3. The topological polar surface area (TPSA) is 73.6 Å². The number of rotatable bonds is 7. The largest absolute Gasteiger partial charge is 0.449 e. The van der Waals surface area contributed by atoms with Gasteiger partial charge in [0.05, 0.1) is 22.5 Å². The molecule has 0 amide bonds. The van der Waals surface area contributed by atoms with Crippen molar-refractivity contribution in [3.63, 3.8) is 0 Å². The molecule has 0 unspecified atom stereocenters. The highest BCUT2D eigenvalue weighted by atomic mass is 32.2. The van der Waals surface area contributed by atoms with Gasteiger partial charge in [0.25, 0.3) is 10.1 Å². The molecule has 4 aromatic rings. The maximum absolute atomic E-state index is 13.3. The van der Waals surface area contributed by atoms with Crippen molar-refractivity contribution in [2.24, 2.45) is 0 Å². The first kappa shape index (κ1) is 25.2. The molecule has 5 nitrogen and oxygen atoms in total. The van der Waals surface area contributed by atoms with Crippen LogP contribution in [0.2, 0.25) is 0 Å². The van der Waals surface area contributed by atoms with E-state index in [1.54, 1.807) is 36.4 Å². The van der Waals surface area contributed by atoms with Crippen LogP contribution in [0, 0.1) is 6.92 Å². The summed E-state index contributed by atoms with van der Waals surface area (Å²) in [5, 5.41) is 0.741. The van der Waals surface area contributed by atoms with E-state index in [1.165, 1.54) is 29.5 Å². The van der Waals surface area contributed by atoms with Gasteiger partial charge in [0.1, 0.15) is 5.58 Å². The molecular weight excluding hydrogens is 480 g/mol. The van der Waals surface area contributed by atoms with E-state index in [1.807, 2.05) is 6.92 Å². The van der Waals surface area contributed by atoms with E-state index in [4.69, 9.17) is 8.60 Å². The molecule has 4 rings (SSSR count). The van der Waals surface area contributed by atoms with Crippen molar-refractivity contribution < 1.29 is 17.0 Å². The van der Waals surface area contributed by atoms with Crippen molar-refractivity contribution in [1.82, 2.24) is 0 Å². The van der Waals surface area contributed by atoms with Gasteiger partial charge in [-0.3, -0.25) is 8.98 Å². The van der Waals surface area contributed by atoms with Crippen LogP contribution >= 0.6 is 11.8 Å². The lowest BCUT2D eigenvalue weighted by molar-refractivity contribution is 0.296. The third-order valence-corrected chi connectivity index (χ3v) is 8.06. The minimum atomic E-state index is -4.04. The van der Waals surface area contributed by atoms with Crippen molar-refractivity contribution in [1.29, 1.82) is 0 Å². The summed E-state index contributed by atoms with van der Waals surface area (Å²) in [7, 11) is -4.04. The lowest BCUT2D eigenvalue weighted by Gasteiger charge is -2.19. The van der Waals surface area contributed by atoms with E-state index in [0.29, 0.717) is 21.8 Å². The smallest absolute Gasteiger partial charge is 0.297 e. The second-order valence-electron chi connectivity index (χ2n) is 9.46. The Kier molecular flexibility index (Phi) is 7.22. The third kappa shape index (κ3) is 5.86. The van der Waals surface area contributed by atoms with Crippen LogP contribution in [0.15, 0.2) is 92.0 Å². The maximum Gasteiger partial charge on any atom is 0.297 e. The highest BCUT2D eigenvalue weighted by molar-refractivity contribution is 7.98. The van der Waals surface area contributed by atoms with Gasteiger partial charge >= 0.3 is 0 Å². The molecule has 0 spiro atoms. The summed E-state index contributed by atoms with van der Waals surface area (Å²) in [5.74, 6) is 0.559. The molecule has 7 heteroatoms. The van der Waals surface area contributed by atoms with Crippen LogP contribution in [-0.4, -0.2) is 8.42 Å². The first-order valence-electron chi connectivity index (χ1n) is 11.3. The molecule has 35 heavy (non-hydrogen) atoms. The van der Waals surface area contributed by atoms with E-state index in [-0.39, 0.29) is 21.3 Å². The minimum Gasteiger partial charge on any atom is -0.449 e. The van der Waals surface area contributed by atoms with Crippen LogP contribution in [0.4, 0.5) is 0 Å². The van der Waals surface area contributed by atoms with Crippen LogP contribution in [0.5, 0.6) is 0 Å². The molecule has 0 saturated heterocycles. The molecule has 3 aromatic carbocycles. The Morgan fingerprint density at radius 1 is 0.914 bits per heavy atom. The fraction of sp³-hybridized carbons (Fsp3) is 0.250. The summed E-state index contributed by atoms with van der Waals surface area (Å²) in [6.07, 6.45) is 0. The molecule has 0 aliphatic heterocycles. The number of para-hydroxylation sites is 1. The number of benzene rings is 3. The molecule has 0 bridgehead atoms. The van der Waals surface area contributed by atoms with Gasteiger partial charge < -0.3 is 4.42 Å². The minimum absolute atomic E-state index is 0.0430. The molecule has 0 N–H and O–H groups in total.